The summed E-state index contributed by atoms with van der Waals surface area (Å²) in [5.41, 5.74) is 2.17. The third kappa shape index (κ3) is 5.97. The van der Waals surface area contributed by atoms with E-state index >= 15 is 0 Å². The zero-order chi connectivity index (χ0) is 22.4. The van der Waals surface area contributed by atoms with Gasteiger partial charge in [0, 0.05) is 50.9 Å². The van der Waals surface area contributed by atoms with E-state index < -0.39 is 0 Å². The number of nitrogens with one attached hydrogen (secondary N) is 2. The minimum atomic E-state index is -0.0380. The van der Waals surface area contributed by atoms with Gasteiger partial charge < -0.3 is 25.0 Å². The predicted molar refractivity (Wildman–Crippen MR) is 142 cm³/mol. The largest absolute Gasteiger partial charge is 0.497 e. The van der Waals surface area contributed by atoms with Gasteiger partial charge in [0.05, 0.1) is 13.2 Å². The number of methoxy groups -OCH3 is 1. The molecule has 1 atom stereocenters. The predicted octanol–water partition coefficient (Wildman–Crippen LogP) is 3.33. The molecule has 2 aliphatic heterocycles. The smallest absolute Gasteiger partial charge is 0.229 e. The second-order valence-corrected chi connectivity index (χ2v) is 8.43. The fourth-order valence-corrected chi connectivity index (χ4v) is 4.58. The van der Waals surface area contributed by atoms with Crippen molar-refractivity contribution in [1.29, 1.82) is 0 Å². The van der Waals surface area contributed by atoms with E-state index in [1.54, 1.807) is 14.2 Å². The van der Waals surface area contributed by atoms with Crippen molar-refractivity contribution < 1.29 is 14.3 Å². The molecule has 2 saturated heterocycles. The lowest BCUT2D eigenvalue weighted by Gasteiger charge is -2.38. The highest BCUT2D eigenvalue weighted by molar-refractivity contribution is 14.0. The highest BCUT2D eigenvalue weighted by atomic mass is 127. The van der Waals surface area contributed by atoms with E-state index in [-0.39, 0.29) is 41.3 Å². The van der Waals surface area contributed by atoms with Crippen molar-refractivity contribution in [3.8, 4) is 5.75 Å². The van der Waals surface area contributed by atoms with Crippen molar-refractivity contribution in [2.45, 2.75) is 30.7 Å². The number of halogens is 1. The molecule has 0 radical (unpaired) electrons. The molecule has 0 saturated carbocycles. The van der Waals surface area contributed by atoms with Crippen LogP contribution in [0.3, 0.4) is 0 Å². The van der Waals surface area contributed by atoms with Crippen LogP contribution >= 0.6 is 24.0 Å². The lowest BCUT2D eigenvalue weighted by molar-refractivity contribution is -0.117. The number of ether oxygens (including phenoxy) is 2. The molecule has 4 rings (SSSR count). The van der Waals surface area contributed by atoms with Crippen LogP contribution in [0.1, 0.15) is 24.8 Å². The summed E-state index contributed by atoms with van der Waals surface area (Å²) < 4.78 is 11.0. The monoisotopic (exact) mass is 564 g/mol. The molecular weight excluding hydrogens is 531 g/mol. The second-order valence-electron chi connectivity index (χ2n) is 8.43. The quantitative estimate of drug-likeness (QED) is 0.320. The number of hydrogen-bond donors (Lipinski definition) is 2. The number of carbonyl (C=O) groups excluding carboxylic acids is 1. The van der Waals surface area contributed by atoms with Crippen LogP contribution in [0.4, 0.5) is 5.69 Å². The van der Waals surface area contributed by atoms with E-state index in [9.17, 15) is 4.79 Å². The fourth-order valence-electron chi connectivity index (χ4n) is 4.58. The lowest BCUT2D eigenvalue weighted by atomic mass is 9.74. The Bertz CT molecular complexity index is 930. The van der Waals surface area contributed by atoms with Crippen LogP contribution in [0.2, 0.25) is 0 Å². The van der Waals surface area contributed by atoms with Gasteiger partial charge in [-0.1, -0.05) is 30.3 Å². The Morgan fingerprint density at radius 2 is 1.85 bits per heavy atom. The molecule has 8 heteroatoms. The van der Waals surface area contributed by atoms with Crippen LogP contribution < -0.4 is 20.3 Å². The third-order valence-electron chi connectivity index (χ3n) is 6.50. The summed E-state index contributed by atoms with van der Waals surface area (Å²) in [5, 5.41) is 6.97. The average Bonchev–Trinajstić information content (AvgIpc) is 3.22. The van der Waals surface area contributed by atoms with Crippen LogP contribution in [0.25, 0.3) is 0 Å². The summed E-state index contributed by atoms with van der Waals surface area (Å²) in [6, 6.07) is 18.1. The Balaban J connectivity index is 0.00000306. The topological polar surface area (TPSA) is 75.2 Å². The fraction of sp³-hybridized carbons (Fsp3) is 0.440. The van der Waals surface area contributed by atoms with Crippen LogP contribution in [-0.4, -0.2) is 58.4 Å². The summed E-state index contributed by atoms with van der Waals surface area (Å²) in [6.07, 6.45) is 2.33. The van der Waals surface area contributed by atoms with E-state index in [2.05, 4.69) is 27.8 Å². The molecule has 0 aliphatic carbocycles. The summed E-state index contributed by atoms with van der Waals surface area (Å²) in [5.74, 6) is 1.70. The minimum Gasteiger partial charge on any atom is -0.497 e. The molecule has 1 unspecified atom stereocenters. The maximum Gasteiger partial charge on any atom is 0.229 e. The van der Waals surface area contributed by atoms with Crippen molar-refractivity contribution in [3.05, 3.63) is 60.2 Å². The maximum absolute atomic E-state index is 12.6. The highest BCUT2D eigenvalue weighted by Crippen LogP contribution is 2.35. The first-order valence-electron chi connectivity index (χ1n) is 11.2. The summed E-state index contributed by atoms with van der Waals surface area (Å²) >= 11 is 0. The van der Waals surface area contributed by atoms with Gasteiger partial charge in [0.15, 0.2) is 5.96 Å². The van der Waals surface area contributed by atoms with Gasteiger partial charge in [0.1, 0.15) is 5.75 Å². The van der Waals surface area contributed by atoms with Gasteiger partial charge in [-0.2, -0.15) is 0 Å². The first-order chi connectivity index (χ1) is 15.6. The molecule has 178 valence electrons. The summed E-state index contributed by atoms with van der Waals surface area (Å²) in [7, 11) is 3.45. The SMILES string of the molecule is CN=C(NCC1(c2ccc(OC)cc2)CCOCC1)NC1CC(=O)N(c2ccccc2)C1.I. The Labute approximate surface area is 213 Å². The first kappa shape index (κ1) is 25.3. The van der Waals surface area contributed by atoms with Gasteiger partial charge in [-0.25, -0.2) is 0 Å². The molecule has 2 N–H and O–H groups in total. The Morgan fingerprint density at radius 1 is 1.15 bits per heavy atom. The number of carbonyl (C=O) groups is 1. The molecule has 33 heavy (non-hydrogen) atoms. The van der Waals surface area contributed by atoms with Crippen molar-refractivity contribution in [2.75, 3.05) is 45.4 Å². The van der Waals surface area contributed by atoms with Crippen molar-refractivity contribution in [1.82, 2.24) is 10.6 Å². The van der Waals surface area contributed by atoms with Crippen LogP contribution in [-0.2, 0) is 14.9 Å². The average molecular weight is 564 g/mol. The highest BCUT2D eigenvalue weighted by Gasteiger charge is 2.35. The minimum absolute atomic E-state index is 0. The van der Waals surface area contributed by atoms with E-state index in [0.29, 0.717) is 13.0 Å². The summed E-state index contributed by atoms with van der Waals surface area (Å²) in [6.45, 7) is 2.85. The molecular formula is C25H33IN4O3. The number of nitrogens with zero attached hydrogens (tertiary/aromatic N) is 2. The number of amides is 1. The van der Waals surface area contributed by atoms with Crippen LogP contribution in [0.5, 0.6) is 5.75 Å². The maximum atomic E-state index is 12.6. The number of aliphatic imine (C=N–C) groups is 1. The van der Waals surface area contributed by atoms with Crippen LogP contribution in [0, 0.1) is 0 Å². The second kappa shape index (κ2) is 11.7. The van der Waals surface area contributed by atoms with Gasteiger partial charge in [-0.15, -0.1) is 24.0 Å². The molecule has 0 spiro atoms. The van der Waals surface area contributed by atoms with Crippen molar-refractivity contribution in [2.24, 2.45) is 4.99 Å². The number of hydrogen-bond acceptors (Lipinski definition) is 4. The zero-order valence-electron chi connectivity index (χ0n) is 19.3. The molecule has 0 aromatic heterocycles. The van der Waals surface area contributed by atoms with Gasteiger partial charge >= 0.3 is 0 Å². The first-order valence-corrected chi connectivity index (χ1v) is 11.2. The number of guanidine groups is 1. The molecule has 2 aromatic carbocycles. The number of rotatable bonds is 6. The van der Waals surface area contributed by atoms with E-state index in [1.165, 1.54) is 5.56 Å². The van der Waals surface area contributed by atoms with Crippen molar-refractivity contribution >= 4 is 41.5 Å². The zero-order valence-corrected chi connectivity index (χ0v) is 21.6. The third-order valence-corrected chi connectivity index (χ3v) is 6.50. The Kier molecular flexibility index (Phi) is 8.96. The summed E-state index contributed by atoms with van der Waals surface area (Å²) in [4.78, 5) is 18.8. The molecule has 2 aromatic rings. The Hall–Kier alpha value is -2.33. The molecule has 0 bridgehead atoms. The molecule has 2 fully saturated rings. The van der Waals surface area contributed by atoms with Gasteiger partial charge in [0.25, 0.3) is 0 Å². The number of para-hydroxylation sites is 1. The standard InChI is InChI=1S/C25H32N4O3.HI/c1-26-24(28-20-16-23(30)29(17-20)21-6-4-3-5-7-21)27-18-25(12-14-32-15-13-25)19-8-10-22(31-2)11-9-19;/h3-11,20H,12-18H2,1-2H3,(H2,26,27,28);1H. The number of benzene rings is 2. The van der Waals surface area contributed by atoms with E-state index in [1.807, 2.05) is 47.4 Å². The van der Waals surface area contributed by atoms with E-state index in [4.69, 9.17) is 9.47 Å². The molecule has 2 heterocycles. The lowest BCUT2D eigenvalue weighted by Crippen LogP contribution is -2.50. The molecule has 2 aliphatic rings. The molecule has 7 nitrogen and oxygen atoms in total. The number of anilines is 1. The molecule has 1 amide bonds. The normalized spacial score (nSPS) is 20.2. The van der Waals surface area contributed by atoms with Crippen LogP contribution in [0.15, 0.2) is 59.6 Å². The Morgan fingerprint density at radius 3 is 2.48 bits per heavy atom. The van der Waals surface area contributed by atoms with Crippen molar-refractivity contribution in [3.63, 3.8) is 0 Å². The van der Waals surface area contributed by atoms with Gasteiger partial charge in [-0.3, -0.25) is 9.79 Å². The van der Waals surface area contributed by atoms with Gasteiger partial charge in [-0.05, 0) is 42.7 Å². The van der Waals surface area contributed by atoms with E-state index in [0.717, 1.165) is 50.0 Å². The van der Waals surface area contributed by atoms with Gasteiger partial charge in [0.2, 0.25) is 5.91 Å².